The minimum Gasteiger partial charge on any atom is -0.369 e. The molecule has 1 rings (SSSR count). The number of halogens is 2. The highest BCUT2D eigenvalue weighted by molar-refractivity contribution is 5.74. The van der Waals surface area contributed by atoms with Crippen molar-refractivity contribution >= 4 is 5.91 Å². The Kier molecular flexibility index (Phi) is 3.17. The van der Waals surface area contributed by atoms with Crippen molar-refractivity contribution < 1.29 is 13.6 Å². The lowest BCUT2D eigenvalue weighted by molar-refractivity contribution is -0.125. The van der Waals surface area contributed by atoms with Crippen LogP contribution in [0.2, 0.25) is 0 Å². The number of carbonyl (C=O) groups excluding carboxylic acids is 1. The van der Waals surface area contributed by atoms with Crippen LogP contribution in [0.25, 0.3) is 0 Å². The molecule has 0 bridgehead atoms. The van der Waals surface area contributed by atoms with Crippen molar-refractivity contribution in [2.45, 2.75) is 18.8 Å². The van der Waals surface area contributed by atoms with Gasteiger partial charge in [-0.3, -0.25) is 4.79 Å². The van der Waals surface area contributed by atoms with Crippen molar-refractivity contribution in [1.82, 2.24) is 0 Å². The molecule has 2 nitrogen and oxygen atoms in total. The van der Waals surface area contributed by atoms with Crippen molar-refractivity contribution in [1.29, 1.82) is 0 Å². The molecule has 0 aliphatic carbocycles. The fourth-order valence-electron chi connectivity index (χ4n) is 1.21. The molecule has 0 aliphatic rings. The summed E-state index contributed by atoms with van der Waals surface area (Å²) in [4.78, 5) is 10.3. The topological polar surface area (TPSA) is 43.1 Å². The molecule has 76 valence electrons. The lowest BCUT2D eigenvalue weighted by Crippen LogP contribution is -2.27. The fraction of sp³-hybridized carbons (Fsp3) is 0.300. The van der Waals surface area contributed by atoms with Gasteiger partial charge in [0.15, 0.2) is 0 Å². The standard InChI is InChI=1S/C10H11F2NO/c11-10(12,7-9(13)14)6-8-4-2-1-3-5-8/h1-5H,6-7H2,(H2,13,14). The third-order valence-electron chi connectivity index (χ3n) is 1.74. The number of primary amides is 1. The van der Waals surface area contributed by atoms with E-state index in [-0.39, 0.29) is 0 Å². The van der Waals surface area contributed by atoms with Crippen LogP contribution in [-0.2, 0) is 11.2 Å². The quantitative estimate of drug-likeness (QED) is 0.788. The van der Waals surface area contributed by atoms with E-state index in [9.17, 15) is 13.6 Å². The first-order chi connectivity index (χ1) is 6.49. The number of benzene rings is 1. The molecule has 0 saturated carbocycles. The Morgan fingerprint density at radius 3 is 2.36 bits per heavy atom. The number of hydrogen-bond acceptors (Lipinski definition) is 1. The van der Waals surface area contributed by atoms with Gasteiger partial charge in [-0.1, -0.05) is 30.3 Å². The molecule has 0 unspecified atom stereocenters. The first kappa shape index (κ1) is 10.6. The van der Waals surface area contributed by atoms with Gasteiger partial charge in [0.05, 0.1) is 6.42 Å². The Balaban J connectivity index is 2.63. The molecule has 14 heavy (non-hydrogen) atoms. The van der Waals surface area contributed by atoms with Gasteiger partial charge in [0.25, 0.3) is 5.92 Å². The van der Waals surface area contributed by atoms with E-state index in [0.717, 1.165) is 0 Å². The minimum atomic E-state index is -3.05. The Morgan fingerprint density at radius 2 is 1.86 bits per heavy atom. The maximum atomic E-state index is 13.1. The molecular weight excluding hydrogens is 188 g/mol. The number of nitrogens with two attached hydrogens (primary N) is 1. The van der Waals surface area contributed by atoms with Gasteiger partial charge in [-0.2, -0.15) is 0 Å². The predicted octanol–water partition coefficient (Wildman–Crippen LogP) is 1.74. The molecule has 1 aromatic rings. The van der Waals surface area contributed by atoms with Crippen molar-refractivity contribution in [3.05, 3.63) is 35.9 Å². The Labute approximate surface area is 80.7 Å². The van der Waals surface area contributed by atoms with Crippen LogP contribution >= 0.6 is 0 Å². The molecule has 1 amide bonds. The Hall–Kier alpha value is -1.45. The number of rotatable bonds is 4. The zero-order valence-electron chi connectivity index (χ0n) is 7.54. The van der Waals surface area contributed by atoms with E-state index in [2.05, 4.69) is 0 Å². The van der Waals surface area contributed by atoms with E-state index in [4.69, 9.17) is 5.73 Å². The summed E-state index contributed by atoms with van der Waals surface area (Å²) in [5, 5.41) is 0. The summed E-state index contributed by atoms with van der Waals surface area (Å²) < 4.78 is 26.1. The molecule has 2 N–H and O–H groups in total. The Bertz CT molecular complexity index is 311. The van der Waals surface area contributed by atoms with Crippen LogP contribution in [0.3, 0.4) is 0 Å². The van der Waals surface area contributed by atoms with Crippen LogP contribution in [0.4, 0.5) is 8.78 Å². The molecule has 0 aromatic heterocycles. The summed E-state index contributed by atoms with van der Waals surface area (Å²) in [6.45, 7) is 0. The van der Waals surface area contributed by atoms with Crippen molar-refractivity contribution in [2.24, 2.45) is 5.73 Å². The second-order valence-corrected chi connectivity index (χ2v) is 3.16. The maximum Gasteiger partial charge on any atom is 0.260 e. The molecule has 0 saturated heterocycles. The zero-order valence-corrected chi connectivity index (χ0v) is 7.54. The largest absolute Gasteiger partial charge is 0.369 e. The van der Waals surface area contributed by atoms with Crippen LogP contribution in [0.15, 0.2) is 30.3 Å². The van der Waals surface area contributed by atoms with Gasteiger partial charge in [-0.25, -0.2) is 8.78 Å². The predicted molar refractivity (Wildman–Crippen MR) is 48.9 cm³/mol. The molecule has 0 radical (unpaired) electrons. The van der Waals surface area contributed by atoms with Gasteiger partial charge in [0.2, 0.25) is 5.91 Å². The molecule has 0 fully saturated rings. The molecule has 4 heteroatoms. The number of alkyl halides is 2. The molecule has 0 spiro atoms. The smallest absolute Gasteiger partial charge is 0.260 e. The highest BCUT2D eigenvalue weighted by Gasteiger charge is 2.31. The van der Waals surface area contributed by atoms with Crippen molar-refractivity contribution in [2.75, 3.05) is 0 Å². The first-order valence-electron chi connectivity index (χ1n) is 4.20. The number of carbonyl (C=O) groups is 1. The molecular formula is C10H11F2NO. The van der Waals surface area contributed by atoms with Crippen LogP contribution in [-0.4, -0.2) is 11.8 Å². The molecule has 1 aromatic carbocycles. The van der Waals surface area contributed by atoms with Gasteiger partial charge in [-0.05, 0) is 5.56 Å². The molecule has 0 aliphatic heterocycles. The second kappa shape index (κ2) is 4.17. The van der Waals surface area contributed by atoms with E-state index >= 15 is 0 Å². The van der Waals surface area contributed by atoms with Crippen LogP contribution < -0.4 is 5.73 Å². The summed E-state index contributed by atoms with van der Waals surface area (Å²) in [6, 6.07) is 8.28. The van der Waals surface area contributed by atoms with E-state index in [0.29, 0.717) is 5.56 Å². The van der Waals surface area contributed by atoms with E-state index in [1.165, 1.54) is 0 Å². The van der Waals surface area contributed by atoms with Gasteiger partial charge in [0, 0.05) is 6.42 Å². The number of hydrogen-bond donors (Lipinski definition) is 1. The third kappa shape index (κ3) is 3.51. The molecule has 0 atom stereocenters. The monoisotopic (exact) mass is 199 g/mol. The minimum absolute atomic E-state index is 0.448. The van der Waals surface area contributed by atoms with Gasteiger partial charge in [0.1, 0.15) is 0 Å². The third-order valence-corrected chi connectivity index (χ3v) is 1.74. The summed E-state index contributed by atoms with van der Waals surface area (Å²) in [5.41, 5.74) is 5.21. The average Bonchev–Trinajstić information content (AvgIpc) is 2.02. The maximum absolute atomic E-state index is 13.1. The van der Waals surface area contributed by atoms with E-state index < -0.39 is 24.7 Å². The van der Waals surface area contributed by atoms with Crippen LogP contribution in [0, 0.1) is 0 Å². The average molecular weight is 199 g/mol. The Morgan fingerprint density at radius 1 is 1.29 bits per heavy atom. The lowest BCUT2D eigenvalue weighted by Gasteiger charge is -2.13. The van der Waals surface area contributed by atoms with Gasteiger partial charge in [-0.15, -0.1) is 0 Å². The van der Waals surface area contributed by atoms with Crippen LogP contribution in [0.1, 0.15) is 12.0 Å². The summed E-state index contributed by atoms with van der Waals surface area (Å²) in [6.07, 6.45) is -1.35. The summed E-state index contributed by atoms with van der Waals surface area (Å²) in [5.74, 6) is -4.03. The zero-order chi connectivity index (χ0) is 10.6. The van der Waals surface area contributed by atoms with Gasteiger partial charge >= 0.3 is 0 Å². The molecule has 0 heterocycles. The normalized spacial score (nSPS) is 11.3. The fourth-order valence-corrected chi connectivity index (χ4v) is 1.21. The van der Waals surface area contributed by atoms with Crippen molar-refractivity contribution in [3.63, 3.8) is 0 Å². The van der Waals surface area contributed by atoms with Crippen LogP contribution in [0.5, 0.6) is 0 Å². The lowest BCUT2D eigenvalue weighted by atomic mass is 10.0. The van der Waals surface area contributed by atoms with Gasteiger partial charge < -0.3 is 5.73 Å². The first-order valence-corrected chi connectivity index (χ1v) is 4.20. The van der Waals surface area contributed by atoms with Crippen molar-refractivity contribution in [3.8, 4) is 0 Å². The summed E-state index contributed by atoms with van der Waals surface area (Å²) in [7, 11) is 0. The van der Waals surface area contributed by atoms with E-state index in [1.54, 1.807) is 30.3 Å². The highest BCUT2D eigenvalue weighted by atomic mass is 19.3. The number of amides is 1. The SMILES string of the molecule is NC(=O)CC(F)(F)Cc1ccccc1. The second-order valence-electron chi connectivity index (χ2n) is 3.16. The highest BCUT2D eigenvalue weighted by Crippen LogP contribution is 2.23. The summed E-state index contributed by atoms with van der Waals surface area (Å²) >= 11 is 0. The van der Waals surface area contributed by atoms with E-state index in [1.807, 2.05) is 0 Å².